The molecule has 158 valence electrons. The minimum atomic E-state index is -3.85. The maximum absolute atomic E-state index is 14.2. The van der Waals surface area contributed by atoms with Gasteiger partial charge in [0, 0.05) is 16.8 Å². The van der Waals surface area contributed by atoms with Crippen LogP contribution in [0.3, 0.4) is 0 Å². The highest BCUT2D eigenvalue weighted by Crippen LogP contribution is 2.29. The number of halogens is 3. The standard InChI is InChI=1S/C18H18ClF2NO5S2/c1-2-26-17(23)10-27-18-14(20)7-11(8-15(18)21)16(28)9-22-29(24,25)13-5-3-12(19)4-6-13/h3-8,16,22,28H,2,9-10H2,1H3. The lowest BCUT2D eigenvalue weighted by molar-refractivity contribution is -0.145. The van der Waals surface area contributed by atoms with Gasteiger partial charge in [-0.1, -0.05) is 11.6 Å². The molecule has 0 radical (unpaired) electrons. The van der Waals surface area contributed by atoms with Gasteiger partial charge in [-0.15, -0.1) is 0 Å². The Hall–Kier alpha value is -1.88. The molecule has 2 aromatic rings. The lowest BCUT2D eigenvalue weighted by Gasteiger charge is -2.15. The van der Waals surface area contributed by atoms with Crippen LogP contribution in [0.1, 0.15) is 17.7 Å². The van der Waals surface area contributed by atoms with Crippen LogP contribution in [0.4, 0.5) is 8.78 Å². The first kappa shape index (κ1) is 23.4. The van der Waals surface area contributed by atoms with Crippen LogP contribution in [0.2, 0.25) is 5.02 Å². The molecular weight excluding hydrogens is 448 g/mol. The first-order valence-electron chi connectivity index (χ1n) is 8.34. The molecule has 2 rings (SSSR count). The second kappa shape index (κ2) is 10.2. The molecule has 0 amide bonds. The van der Waals surface area contributed by atoms with E-state index in [4.69, 9.17) is 16.3 Å². The minimum absolute atomic E-state index is 0.0116. The molecule has 0 fully saturated rings. The second-order valence-electron chi connectivity index (χ2n) is 5.73. The molecule has 0 spiro atoms. The summed E-state index contributed by atoms with van der Waals surface area (Å²) < 4.78 is 64.7. The summed E-state index contributed by atoms with van der Waals surface area (Å²) in [4.78, 5) is 11.2. The summed E-state index contributed by atoms with van der Waals surface area (Å²) in [7, 11) is -3.85. The monoisotopic (exact) mass is 465 g/mol. The van der Waals surface area contributed by atoms with E-state index in [0.29, 0.717) is 5.02 Å². The molecule has 2 aromatic carbocycles. The van der Waals surface area contributed by atoms with E-state index in [0.717, 1.165) is 12.1 Å². The zero-order chi connectivity index (χ0) is 21.6. The van der Waals surface area contributed by atoms with Gasteiger partial charge in [0.25, 0.3) is 0 Å². The topological polar surface area (TPSA) is 81.7 Å². The third kappa shape index (κ3) is 6.56. The second-order valence-corrected chi connectivity index (χ2v) is 8.56. The van der Waals surface area contributed by atoms with Gasteiger partial charge in [0.05, 0.1) is 11.5 Å². The van der Waals surface area contributed by atoms with E-state index in [1.807, 2.05) is 0 Å². The van der Waals surface area contributed by atoms with Gasteiger partial charge in [-0.05, 0) is 48.9 Å². The maximum Gasteiger partial charge on any atom is 0.344 e. The summed E-state index contributed by atoms with van der Waals surface area (Å²) in [6.45, 7) is 0.823. The molecule has 0 aromatic heterocycles. The molecule has 1 unspecified atom stereocenters. The lowest BCUT2D eigenvalue weighted by Crippen LogP contribution is -2.27. The highest BCUT2D eigenvalue weighted by molar-refractivity contribution is 7.89. The van der Waals surface area contributed by atoms with Crippen LogP contribution >= 0.6 is 24.2 Å². The predicted molar refractivity (Wildman–Crippen MR) is 107 cm³/mol. The number of carbonyl (C=O) groups excluding carboxylic acids is 1. The van der Waals surface area contributed by atoms with Crippen molar-refractivity contribution in [2.24, 2.45) is 0 Å². The van der Waals surface area contributed by atoms with Gasteiger partial charge in [-0.3, -0.25) is 0 Å². The molecule has 0 saturated carbocycles. The SMILES string of the molecule is CCOC(=O)COc1c(F)cc(C(S)CNS(=O)(=O)c2ccc(Cl)cc2)cc1F. The predicted octanol–water partition coefficient (Wildman–Crippen LogP) is 3.51. The Labute approximate surface area is 177 Å². The van der Waals surface area contributed by atoms with Crippen molar-refractivity contribution in [3.05, 3.63) is 58.6 Å². The number of hydrogen-bond donors (Lipinski definition) is 2. The number of thiol groups is 1. The van der Waals surface area contributed by atoms with Crippen molar-refractivity contribution in [2.45, 2.75) is 17.1 Å². The molecule has 1 atom stereocenters. The van der Waals surface area contributed by atoms with Gasteiger partial charge < -0.3 is 9.47 Å². The Morgan fingerprint density at radius 2 is 1.79 bits per heavy atom. The molecule has 0 aliphatic heterocycles. The zero-order valence-electron chi connectivity index (χ0n) is 15.2. The maximum atomic E-state index is 14.2. The van der Waals surface area contributed by atoms with E-state index in [9.17, 15) is 22.0 Å². The molecule has 0 saturated heterocycles. The van der Waals surface area contributed by atoms with E-state index >= 15 is 0 Å². The molecule has 1 N–H and O–H groups in total. The average molecular weight is 466 g/mol. The Morgan fingerprint density at radius 1 is 1.21 bits per heavy atom. The quantitative estimate of drug-likeness (QED) is 0.437. The number of esters is 1. The van der Waals surface area contributed by atoms with Crippen LogP contribution in [-0.4, -0.2) is 34.1 Å². The summed E-state index contributed by atoms with van der Waals surface area (Å²) in [5.74, 6) is -3.60. The van der Waals surface area contributed by atoms with E-state index in [2.05, 4.69) is 22.1 Å². The fourth-order valence-electron chi connectivity index (χ4n) is 2.25. The summed E-state index contributed by atoms with van der Waals surface area (Å²) in [5.41, 5.74) is 0.0885. The number of nitrogens with one attached hydrogen (secondary N) is 1. The minimum Gasteiger partial charge on any atom is -0.476 e. The van der Waals surface area contributed by atoms with Crippen LogP contribution in [0.5, 0.6) is 5.75 Å². The van der Waals surface area contributed by atoms with E-state index in [1.165, 1.54) is 24.3 Å². The number of carbonyl (C=O) groups is 1. The summed E-state index contributed by atoms with van der Waals surface area (Å²) in [5, 5.41) is -0.465. The van der Waals surface area contributed by atoms with Crippen LogP contribution < -0.4 is 9.46 Å². The highest BCUT2D eigenvalue weighted by atomic mass is 35.5. The summed E-state index contributed by atoms with van der Waals surface area (Å²) in [6.07, 6.45) is 0. The van der Waals surface area contributed by atoms with Gasteiger partial charge in [-0.25, -0.2) is 26.7 Å². The molecule has 0 aliphatic carbocycles. The first-order valence-corrected chi connectivity index (χ1v) is 10.7. The third-order valence-corrected chi connectivity index (χ3v) is 5.81. The lowest BCUT2D eigenvalue weighted by atomic mass is 10.1. The van der Waals surface area contributed by atoms with E-state index in [1.54, 1.807) is 6.92 Å². The van der Waals surface area contributed by atoms with Gasteiger partial charge in [-0.2, -0.15) is 12.6 Å². The number of rotatable bonds is 9. The van der Waals surface area contributed by atoms with Crippen LogP contribution in [0.25, 0.3) is 0 Å². The van der Waals surface area contributed by atoms with Gasteiger partial charge in [0.1, 0.15) is 0 Å². The van der Waals surface area contributed by atoms with Crippen LogP contribution in [0.15, 0.2) is 41.3 Å². The Morgan fingerprint density at radius 3 is 2.34 bits per heavy atom. The van der Waals surface area contributed by atoms with Crippen molar-refractivity contribution < 1.29 is 31.5 Å². The van der Waals surface area contributed by atoms with Crippen molar-refractivity contribution in [3.8, 4) is 5.75 Å². The molecular formula is C18H18ClF2NO5S2. The molecule has 0 bridgehead atoms. The van der Waals surface area contributed by atoms with Crippen molar-refractivity contribution in [3.63, 3.8) is 0 Å². The Balaban J connectivity index is 2.06. The van der Waals surface area contributed by atoms with Crippen LogP contribution in [0, 0.1) is 11.6 Å². The van der Waals surface area contributed by atoms with E-state index in [-0.39, 0.29) is 23.6 Å². The van der Waals surface area contributed by atoms with Gasteiger partial charge >= 0.3 is 5.97 Å². The number of ether oxygens (including phenoxy) is 2. The smallest absolute Gasteiger partial charge is 0.344 e. The van der Waals surface area contributed by atoms with E-state index < -0.39 is 45.2 Å². The summed E-state index contributed by atoms with van der Waals surface area (Å²) >= 11 is 9.94. The van der Waals surface area contributed by atoms with Crippen molar-refractivity contribution >= 4 is 40.2 Å². The largest absolute Gasteiger partial charge is 0.476 e. The Bertz CT molecular complexity index is 948. The number of sulfonamides is 1. The third-order valence-electron chi connectivity index (χ3n) is 3.64. The number of hydrogen-bond acceptors (Lipinski definition) is 6. The fraction of sp³-hybridized carbons (Fsp3) is 0.278. The molecule has 0 heterocycles. The Kier molecular flexibility index (Phi) is 8.26. The van der Waals surface area contributed by atoms with Crippen molar-refractivity contribution in [1.82, 2.24) is 4.72 Å². The van der Waals surface area contributed by atoms with Crippen molar-refractivity contribution in [2.75, 3.05) is 19.8 Å². The van der Waals surface area contributed by atoms with Crippen LogP contribution in [-0.2, 0) is 19.6 Å². The average Bonchev–Trinajstić information content (AvgIpc) is 2.66. The molecule has 29 heavy (non-hydrogen) atoms. The molecule has 11 heteroatoms. The number of benzene rings is 2. The highest BCUT2D eigenvalue weighted by Gasteiger charge is 2.20. The normalized spacial score (nSPS) is 12.4. The fourth-order valence-corrected chi connectivity index (χ4v) is 3.78. The first-order chi connectivity index (χ1) is 13.6. The molecule has 6 nitrogen and oxygen atoms in total. The molecule has 0 aliphatic rings. The zero-order valence-corrected chi connectivity index (χ0v) is 17.7. The van der Waals surface area contributed by atoms with Crippen molar-refractivity contribution in [1.29, 1.82) is 0 Å². The van der Waals surface area contributed by atoms with Gasteiger partial charge in [0.2, 0.25) is 10.0 Å². The van der Waals surface area contributed by atoms with Gasteiger partial charge in [0.15, 0.2) is 24.0 Å². The summed E-state index contributed by atoms with van der Waals surface area (Å²) in [6, 6.07) is 7.41.